The number of aromatic nitrogens is 4. The average molecular weight is 671 g/mol. The summed E-state index contributed by atoms with van der Waals surface area (Å²) in [6.45, 7) is 0. The lowest BCUT2D eigenvalue weighted by molar-refractivity contribution is 0.0697. The van der Waals surface area contributed by atoms with Gasteiger partial charge < -0.3 is 5.11 Å². The summed E-state index contributed by atoms with van der Waals surface area (Å²) in [6.07, 6.45) is 3.57. The van der Waals surface area contributed by atoms with Gasteiger partial charge in [-0.15, -0.1) is 0 Å². The van der Waals surface area contributed by atoms with Gasteiger partial charge in [0, 0.05) is 34.4 Å². The molecular weight excluding hydrogens is 641 g/mol. The number of carboxylic acid groups (broad SMARTS) is 1. The van der Waals surface area contributed by atoms with E-state index in [2.05, 4.69) is 108 Å². The summed E-state index contributed by atoms with van der Waals surface area (Å²) >= 11 is 0. The minimum absolute atomic E-state index is 0.216. The lowest BCUT2D eigenvalue weighted by Crippen LogP contribution is -2.01. The summed E-state index contributed by atoms with van der Waals surface area (Å²) in [5.41, 5.74) is 11.9. The normalized spacial score (nSPS) is 11.2. The highest BCUT2D eigenvalue weighted by molar-refractivity contribution is 6.21. The molecule has 52 heavy (non-hydrogen) atoms. The van der Waals surface area contributed by atoms with Gasteiger partial charge in [0.05, 0.1) is 27.6 Å². The molecule has 0 fully saturated rings. The second-order valence-electron chi connectivity index (χ2n) is 12.5. The molecule has 0 aliphatic heterocycles. The van der Waals surface area contributed by atoms with Crippen molar-refractivity contribution in [1.29, 1.82) is 0 Å². The maximum Gasteiger partial charge on any atom is 0.335 e. The molecule has 6 heteroatoms. The number of nitrogens with zero attached hydrogens (tertiary/aromatic N) is 4. The Morgan fingerprint density at radius 2 is 0.923 bits per heavy atom. The number of fused-ring (bicyclic) bond motifs is 6. The molecule has 0 unspecified atom stereocenters. The Hall–Kier alpha value is -7.18. The molecule has 6 aromatic carbocycles. The fraction of sp³-hybridized carbons (Fsp3) is 0. The van der Waals surface area contributed by atoms with E-state index in [1.165, 1.54) is 0 Å². The predicted molar refractivity (Wildman–Crippen MR) is 208 cm³/mol. The SMILES string of the molecule is O=C(O)c1ccc(-c2nc3c4cccnc4c4ncccc4c3n2-c2ccc(C(=C(c3ccccc3)c3ccccc3)c3ccccc3)cc2)cc1. The molecule has 9 rings (SSSR count). The van der Waals surface area contributed by atoms with Crippen LogP contribution in [0.2, 0.25) is 0 Å². The van der Waals surface area contributed by atoms with Crippen molar-refractivity contribution in [2.75, 3.05) is 0 Å². The minimum Gasteiger partial charge on any atom is -0.478 e. The van der Waals surface area contributed by atoms with Gasteiger partial charge >= 0.3 is 5.97 Å². The van der Waals surface area contributed by atoms with Crippen molar-refractivity contribution in [2.24, 2.45) is 0 Å². The molecular formula is C46H30N4O2. The monoisotopic (exact) mass is 670 g/mol. The molecule has 0 spiro atoms. The molecule has 0 amide bonds. The number of hydrogen-bond acceptors (Lipinski definition) is 4. The van der Waals surface area contributed by atoms with E-state index in [0.29, 0.717) is 5.82 Å². The first-order chi connectivity index (χ1) is 25.7. The number of aromatic carboxylic acids is 1. The Balaban J connectivity index is 1.32. The molecule has 0 bridgehead atoms. The third kappa shape index (κ3) is 5.30. The standard InChI is InChI=1S/C46H30N4O2/c51-46(52)35-22-20-34(21-23-35)45-49-43-37-18-10-28-47-41(37)42-38(19-11-29-48-42)44(43)50(45)36-26-24-33(25-27-36)40(32-16-8-3-9-17-32)39(30-12-4-1-5-13-30)31-14-6-2-7-15-31/h1-29H,(H,51,52). The Kier molecular flexibility index (Phi) is 7.67. The zero-order valence-electron chi connectivity index (χ0n) is 27.9. The zero-order chi connectivity index (χ0) is 35.0. The zero-order valence-corrected chi connectivity index (χ0v) is 27.9. The predicted octanol–water partition coefficient (Wildman–Crippen LogP) is 10.5. The fourth-order valence-electron chi connectivity index (χ4n) is 7.14. The number of benzene rings is 6. The van der Waals surface area contributed by atoms with Crippen LogP contribution in [0.5, 0.6) is 0 Å². The number of hydrogen-bond donors (Lipinski definition) is 1. The maximum absolute atomic E-state index is 11.8. The second-order valence-corrected chi connectivity index (χ2v) is 12.5. The van der Waals surface area contributed by atoms with Crippen molar-refractivity contribution in [3.05, 3.63) is 204 Å². The summed E-state index contributed by atoms with van der Waals surface area (Å²) in [7, 11) is 0. The molecule has 9 aromatic rings. The first-order valence-electron chi connectivity index (χ1n) is 17.0. The molecule has 3 aromatic heterocycles. The quantitative estimate of drug-likeness (QED) is 0.135. The van der Waals surface area contributed by atoms with Crippen LogP contribution in [0.25, 0.3) is 61.1 Å². The molecule has 0 saturated heterocycles. The van der Waals surface area contributed by atoms with Gasteiger partial charge in [0.2, 0.25) is 0 Å². The van der Waals surface area contributed by atoms with Crippen LogP contribution in [0.4, 0.5) is 0 Å². The first-order valence-corrected chi connectivity index (χ1v) is 17.0. The fourth-order valence-corrected chi connectivity index (χ4v) is 7.14. The molecule has 246 valence electrons. The summed E-state index contributed by atoms with van der Waals surface area (Å²) in [5, 5.41) is 11.4. The van der Waals surface area contributed by atoms with Crippen molar-refractivity contribution in [1.82, 2.24) is 19.5 Å². The van der Waals surface area contributed by atoms with Crippen LogP contribution in [0.3, 0.4) is 0 Å². The van der Waals surface area contributed by atoms with Gasteiger partial charge in [-0.1, -0.05) is 115 Å². The Morgan fingerprint density at radius 3 is 1.44 bits per heavy atom. The Bertz CT molecular complexity index is 2730. The molecule has 3 heterocycles. The van der Waals surface area contributed by atoms with Crippen molar-refractivity contribution < 1.29 is 9.90 Å². The molecule has 0 radical (unpaired) electrons. The highest BCUT2D eigenvalue weighted by atomic mass is 16.4. The molecule has 0 aliphatic rings. The van der Waals surface area contributed by atoms with Crippen LogP contribution in [-0.4, -0.2) is 30.6 Å². The van der Waals surface area contributed by atoms with E-state index in [4.69, 9.17) is 15.0 Å². The van der Waals surface area contributed by atoms with Gasteiger partial charge in [-0.2, -0.15) is 0 Å². The smallest absolute Gasteiger partial charge is 0.335 e. The number of rotatable bonds is 7. The summed E-state index contributed by atoms with van der Waals surface area (Å²) < 4.78 is 2.16. The van der Waals surface area contributed by atoms with E-state index in [1.54, 1.807) is 24.5 Å². The average Bonchev–Trinajstić information content (AvgIpc) is 3.62. The maximum atomic E-state index is 11.8. The van der Waals surface area contributed by atoms with Gasteiger partial charge in [-0.3, -0.25) is 14.5 Å². The Morgan fingerprint density at radius 1 is 0.462 bits per heavy atom. The lowest BCUT2D eigenvalue weighted by Gasteiger charge is -2.19. The van der Waals surface area contributed by atoms with Crippen LogP contribution in [0.15, 0.2) is 176 Å². The molecule has 1 N–H and O–H groups in total. The minimum atomic E-state index is -0.975. The van der Waals surface area contributed by atoms with Crippen molar-refractivity contribution in [3.63, 3.8) is 0 Å². The van der Waals surface area contributed by atoms with Crippen LogP contribution in [0.1, 0.15) is 32.6 Å². The van der Waals surface area contributed by atoms with Crippen LogP contribution >= 0.6 is 0 Å². The largest absolute Gasteiger partial charge is 0.478 e. The van der Waals surface area contributed by atoms with Gasteiger partial charge in [0.25, 0.3) is 0 Å². The number of pyridine rings is 2. The van der Waals surface area contributed by atoms with E-state index >= 15 is 0 Å². The number of carbonyl (C=O) groups is 1. The van der Waals surface area contributed by atoms with Crippen LogP contribution < -0.4 is 0 Å². The van der Waals surface area contributed by atoms with E-state index in [9.17, 15) is 9.90 Å². The highest BCUT2D eigenvalue weighted by Crippen LogP contribution is 2.40. The number of carboxylic acids is 1. The van der Waals surface area contributed by atoms with Crippen LogP contribution in [-0.2, 0) is 0 Å². The topological polar surface area (TPSA) is 80.9 Å². The lowest BCUT2D eigenvalue weighted by atomic mass is 9.86. The molecule has 6 nitrogen and oxygen atoms in total. The van der Waals surface area contributed by atoms with Gasteiger partial charge in [-0.25, -0.2) is 9.78 Å². The van der Waals surface area contributed by atoms with Gasteiger partial charge in [-0.05, 0) is 81.9 Å². The third-order valence-electron chi connectivity index (χ3n) is 9.47. The van der Waals surface area contributed by atoms with Crippen LogP contribution in [0, 0.1) is 0 Å². The second kappa shape index (κ2) is 12.9. The van der Waals surface area contributed by atoms with E-state index in [1.807, 2.05) is 48.5 Å². The van der Waals surface area contributed by atoms with E-state index < -0.39 is 5.97 Å². The molecule has 0 saturated carbocycles. The van der Waals surface area contributed by atoms with Crippen molar-refractivity contribution >= 4 is 50.0 Å². The van der Waals surface area contributed by atoms with Gasteiger partial charge in [0.1, 0.15) is 5.82 Å². The third-order valence-corrected chi connectivity index (χ3v) is 9.47. The van der Waals surface area contributed by atoms with Crippen molar-refractivity contribution in [2.45, 2.75) is 0 Å². The van der Waals surface area contributed by atoms with E-state index in [-0.39, 0.29) is 5.56 Å². The van der Waals surface area contributed by atoms with Crippen molar-refractivity contribution in [3.8, 4) is 17.1 Å². The van der Waals surface area contributed by atoms with E-state index in [0.717, 1.165) is 77.5 Å². The summed E-state index contributed by atoms with van der Waals surface area (Å²) in [5.74, 6) is -0.285. The van der Waals surface area contributed by atoms with Gasteiger partial charge in [0.15, 0.2) is 0 Å². The highest BCUT2D eigenvalue weighted by Gasteiger charge is 2.22. The number of imidazole rings is 1. The summed E-state index contributed by atoms with van der Waals surface area (Å²) in [6, 6.07) is 55.0. The molecule has 0 aliphatic carbocycles. The summed E-state index contributed by atoms with van der Waals surface area (Å²) in [4.78, 5) is 26.5. The molecule has 0 atom stereocenters. The first kappa shape index (κ1) is 30.8. The Labute approximate surface area is 299 Å².